The molecule has 1 aliphatic heterocycles. The number of nitrogens with one attached hydrogen (secondary N) is 1. The minimum absolute atomic E-state index is 0.0640. The molecule has 17 heavy (non-hydrogen) atoms. The van der Waals surface area contributed by atoms with E-state index in [9.17, 15) is 13.2 Å². The third-order valence-electron chi connectivity index (χ3n) is 3.18. The highest BCUT2D eigenvalue weighted by Gasteiger charge is 2.32. The Kier molecular flexibility index (Phi) is 5.69. The van der Waals surface area contributed by atoms with Gasteiger partial charge in [0.05, 0.1) is 13.2 Å². The Hall–Kier alpha value is -0.330. The van der Waals surface area contributed by atoms with E-state index in [2.05, 4.69) is 5.32 Å². The first-order chi connectivity index (χ1) is 7.94. The van der Waals surface area contributed by atoms with Crippen molar-refractivity contribution in [2.24, 2.45) is 0 Å². The molecule has 0 aromatic rings. The Balaban J connectivity index is 2.26. The van der Waals surface area contributed by atoms with E-state index >= 15 is 0 Å². The lowest BCUT2D eigenvalue weighted by Crippen LogP contribution is -2.48. The second-order valence-corrected chi connectivity index (χ2v) is 4.62. The molecule has 0 radical (unpaired) electrons. The lowest BCUT2D eigenvalue weighted by molar-refractivity contribution is -0.148. The molecule has 0 amide bonds. The van der Waals surface area contributed by atoms with Crippen LogP contribution in [-0.2, 0) is 0 Å². The van der Waals surface area contributed by atoms with Crippen LogP contribution in [0.3, 0.4) is 0 Å². The van der Waals surface area contributed by atoms with Gasteiger partial charge in [0.15, 0.2) is 0 Å². The van der Waals surface area contributed by atoms with Crippen molar-refractivity contribution in [3.63, 3.8) is 0 Å². The summed E-state index contributed by atoms with van der Waals surface area (Å²) in [5, 5.41) is 12.3. The minimum atomic E-state index is -4.10. The predicted octanol–water partition coefficient (Wildman–Crippen LogP) is 1.37. The second-order valence-electron chi connectivity index (χ2n) is 4.62. The Labute approximate surface area is 100.0 Å². The van der Waals surface area contributed by atoms with Crippen LogP contribution in [0.2, 0.25) is 0 Å². The number of nitrogens with zero attached hydrogens (tertiary/aromatic N) is 1. The molecule has 0 aliphatic carbocycles. The zero-order valence-corrected chi connectivity index (χ0v) is 10.1. The van der Waals surface area contributed by atoms with Crippen molar-refractivity contribution in [2.75, 3.05) is 26.2 Å². The van der Waals surface area contributed by atoms with Crippen molar-refractivity contribution in [2.45, 2.75) is 44.4 Å². The van der Waals surface area contributed by atoms with E-state index in [1.54, 1.807) is 0 Å². The van der Waals surface area contributed by atoms with Crippen LogP contribution in [0.5, 0.6) is 0 Å². The van der Waals surface area contributed by atoms with E-state index in [1.807, 2.05) is 6.92 Å². The summed E-state index contributed by atoms with van der Waals surface area (Å²) in [7, 11) is 0. The van der Waals surface area contributed by atoms with Gasteiger partial charge in [0.1, 0.15) is 0 Å². The van der Waals surface area contributed by atoms with Crippen molar-refractivity contribution in [1.29, 1.82) is 0 Å². The van der Waals surface area contributed by atoms with Crippen molar-refractivity contribution in [1.82, 2.24) is 10.2 Å². The summed E-state index contributed by atoms with van der Waals surface area (Å²) in [6, 6.07) is 0.297. The molecule has 1 atom stereocenters. The standard InChI is InChI=1S/C11H21F3N2O/c1-2-9(7-17)15-10-3-5-16(6-4-10)8-11(12,13)14/h9-10,15,17H,2-8H2,1H3/t9-/m0/s1. The molecule has 3 nitrogen and oxygen atoms in total. The third kappa shape index (κ3) is 5.70. The van der Waals surface area contributed by atoms with Crippen LogP contribution in [0.25, 0.3) is 0 Å². The highest BCUT2D eigenvalue weighted by atomic mass is 19.4. The van der Waals surface area contributed by atoms with Crippen LogP contribution in [0.15, 0.2) is 0 Å². The van der Waals surface area contributed by atoms with Crippen molar-refractivity contribution >= 4 is 0 Å². The van der Waals surface area contributed by atoms with Gasteiger partial charge in [-0.05, 0) is 32.4 Å². The van der Waals surface area contributed by atoms with E-state index < -0.39 is 12.7 Å². The van der Waals surface area contributed by atoms with Gasteiger partial charge in [-0.15, -0.1) is 0 Å². The maximum absolute atomic E-state index is 12.2. The Morgan fingerprint density at radius 1 is 1.35 bits per heavy atom. The summed E-state index contributed by atoms with van der Waals surface area (Å²) in [5.74, 6) is 0. The van der Waals surface area contributed by atoms with Gasteiger partial charge in [-0.1, -0.05) is 6.92 Å². The summed E-state index contributed by atoms with van der Waals surface area (Å²) in [6.45, 7) is 2.20. The summed E-state index contributed by atoms with van der Waals surface area (Å²) in [4.78, 5) is 1.44. The smallest absolute Gasteiger partial charge is 0.395 e. The maximum atomic E-state index is 12.2. The number of rotatable bonds is 5. The summed E-state index contributed by atoms with van der Waals surface area (Å²) < 4.78 is 36.5. The molecular formula is C11H21F3N2O. The van der Waals surface area contributed by atoms with Gasteiger partial charge in [0.2, 0.25) is 0 Å². The molecule has 1 fully saturated rings. The molecule has 0 aromatic carbocycles. The van der Waals surface area contributed by atoms with Gasteiger partial charge in [-0.25, -0.2) is 0 Å². The molecule has 102 valence electrons. The monoisotopic (exact) mass is 254 g/mol. The topological polar surface area (TPSA) is 35.5 Å². The number of alkyl halides is 3. The molecule has 1 saturated heterocycles. The molecule has 6 heteroatoms. The quantitative estimate of drug-likeness (QED) is 0.778. The van der Waals surface area contributed by atoms with Gasteiger partial charge >= 0.3 is 6.18 Å². The van der Waals surface area contributed by atoms with Crippen LogP contribution in [0.1, 0.15) is 26.2 Å². The fraction of sp³-hybridized carbons (Fsp3) is 1.00. The van der Waals surface area contributed by atoms with Crippen LogP contribution >= 0.6 is 0 Å². The van der Waals surface area contributed by atoms with Crippen LogP contribution in [0, 0.1) is 0 Å². The van der Waals surface area contributed by atoms with Crippen LogP contribution in [0.4, 0.5) is 13.2 Å². The van der Waals surface area contributed by atoms with Crippen molar-refractivity contribution in [3.05, 3.63) is 0 Å². The van der Waals surface area contributed by atoms with Gasteiger partial charge in [-0.2, -0.15) is 13.2 Å². The molecule has 0 unspecified atom stereocenters. The fourth-order valence-corrected chi connectivity index (χ4v) is 2.14. The molecule has 0 spiro atoms. The average Bonchev–Trinajstić information content (AvgIpc) is 2.26. The zero-order chi connectivity index (χ0) is 12.9. The van der Waals surface area contributed by atoms with Gasteiger partial charge < -0.3 is 10.4 Å². The highest BCUT2D eigenvalue weighted by molar-refractivity contribution is 4.80. The SMILES string of the molecule is CC[C@@H](CO)NC1CCN(CC(F)(F)F)CC1. The molecule has 2 N–H and O–H groups in total. The van der Waals surface area contributed by atoms with E-state index in [0.717, 1.165) is 6.42 Å². The normalized spacial score (nSPS) is 21.7. The first kappa shape index (κ1) is 14.7. The Morgan fingerprint density at radius 3 is 2.35 bits per heavy atom. The number of piperidine rings is 1. The minimum Gasteiger partial charge on any atom is -0.395 e. The first-order valence-corrected chi connectivity index (χ1v) is 6.10. The first-order valence-electron chi connectivity index (χ1n) is 6.10. The van der Waals surface area contributed by atoms with Gasteiger partial charge in [0.25, 0.3) is 0 Å². The number of hydrogen-bond acceptors (Lipinski definition) is 3. The van der Waals surface area contributed by atoms with E-state index in [4.69, 9.17) is 5.11 Å². The van der Waals surface area contributed by atoms with Crippen LogP contribution < -0.4 is 5.32 Å². The maximum Gasteiger partial charge on any atom is 0.401 e. The van der Waals surface area contributed by atoms with E-state index in [-0.39, 0.29) is 18.7 Å². The molecule has 0 bridgehead atoms. The molecule has 0 aromatic heterocycles. The lowest BCUT2D eigenvalue weighted by atomic mass is 10.0. The summed E-state index contributed by atoms with van der Waals surface area (Å²) in [6.07, 6.45) is -1.84. The number of aliphatic hydroxyl groups is 1. The number of aliphatic hydroxyl groups excluding tert-OH is 1. The lowest BCUT2D eigenvalue weighted by Gasteiger charge is -2.34. The van der Waals surface area contributed by atoms with Gasteiger partial charge in [-0.3, -0.25) is 4.90 Å². The summed E-state index contributed by atoms with van der Waals surface area (Å²) >= 11 is 0. The second kappa shape index (κ2) is 6.56. The van der Waals surface area contributed by atoms with Crippen LogP contribution in [-0.4, -0.2) is 54.5 Å². The van der Waals surface area contributed by atoms with Gasteiger partial charge in [0, 0.05) is 12.1 Å². The number of halogens is 3. The zero-order valence-electron chi connectivity index (χ0n) is 10.1. The molecule has 1 rings (SSSR count). The third-order valence-corrected chi connectivity index (χ3v) is 3.18. The van der Waals surface area contributed by atoms with E-state index in [0.29, 0.717) is 25.9 Å². The Bertz CT molecular complexity index is 211. The highest BCUT2D eigenvalue weighted by Crippen LogP contribution is 2.20. The van der Waals surface area contributed by atoms with Crippen molar-refractivity contribution in [3.8, 4) is 0 Å². The fourth-order valence-electron chi connectivity index (χ4n) is 2.14. The molecular weight excluding hydrogens is 233 g/mol. The van der Waals surface area contributed by atoms with Crippen molar-refractivity contribution < 1.29 is 18.3 Å². The molecule has 0 saturated carbocycles. The largest absolute Gasteiger partial charge is 0.401 e. The Morgan fingerprint density at radius 2 is 1.94 bits per heavy atom. The summed E-state index contributed by atoms with van der Waals surface area (Å²) in [5.41, 5.74) is 0. The average molecular weight is 254 g/mol. The predicted molar refractivity (Wildman–Crippen MR) is 59.8 cm³/mol. The number of hydrogen-bond donors (Lipinski definition) is 2. The molecule has 1 aliphatic rings. The van der Waals surface area contributed by atoms with E-state index in [1.165, 1.54) is 4.90 Å². The molecule has 1 heterocycles. The number of likely N-dealkylation sites (tertiary alicyclic amines) is 1.